The van der Waals surface area contributed by atoms with Crippen LogP contribution in [0.3, 0.4) is 0 Å². The first kappa shape index (κ1) is 15.5. The van der Waals surface area contributed by atoms with Crippen LogP contribution in [0.5, 0.6) is 11.5 Å². The number of nitrogens with zero attached hydrogens (tertiary/aromatic N) is 1. The topological polar surface area (TPSA) is 91.2 Å². The molecule has 0 spiro atoms. The Labute approximate surface area is 127 Å². The Kier molecular flexibility index (Phi) is 5.50. The maximum atomic E-state index is 11.9. The van der Waals surface area contributed by atoms with E-state index in [0.717, 1.165) is 0 Å². The lowest BCUT2D eigenvalue weighted by Crippen LogP contribution is -2.17. The molecule has 3 N–H and O–H groups in total. The third-order valence-corrected chi connectivity index (χ3v) is 2.79. The molecule has 0 unspecified atom stereocenters. The Morgan fingerprint density at radius 3 is 2.68 bits per heavy atom. The number of aromatic hydroxyl groups is 1. The first-order chi connectivity index (χ1) is 10.7. The highest BCUT2D eigenvalue weighted by atomic mass is 16.5. The molecule has 0 radical (unpaired) electrons. The standard InChI is InChI=1S/C16H16N2O4/c19-9-10-22-15-8-4-1-5-12(15)11-17-18-16(21)13-6-2-3-7-14(13)20/h1-8,11,19-20H,9-10H2,(H,18,21)/b17-11+. The van der Waals surface area contributed by atoms with Gasteiger partial charge in [-0.2, -0.15) is 5.10 Å². The molecule has 1 amide bonds. The summed E-state index contributed by atoms with van der Waals surface area (Å²) in [5.74, 6) is -0.0675. The van der Waals surface area contributed by atoms with Crippen LogP contribution in [-0.4, -0.2) is 35.5 Å². The number of nitrogens with one attached hydrogen (secondary N) is 1. The molecule has 114 valence electrons. The maximum absolute atomic E-state index is 11.9. The van der Waals surface area contributed by atoms with Gasteiger partial charge in [0.1, 0.15) is 18.1 Å². The smallest absolute Gasteiger partial charge is 0.275 e. The van der Waals surface area contributed by atoms with Gasteiger partial charge in [-0.1, -0.05) is 24.3 Å². The van der Waals surface area contributed by atoms with E-state index in [9.17, 15) is 9.90 Å². The van der Waals surface area contributed by atoms with Gasteiger partial charge in [-0.3, -0.25) is 4.79 Å². The van der Waals surface area contributed by atoms with Crippen molar-refractivity contribution in [2.45, 2.75) is 0 Å². The molecule has 2 rings (SSSR count). The molecule has 0 heterocycles. The van der Waals surface area contributed by atoms with Crippen LogP contribution in [0, 0.1) is 0 Å². The molecule has 0 aliphatic carbocycles. The lowest BCUT2D eigenvalue weighted by molar-refractivity contribution is 0.0952. The van der Waals surface area contributed by atoms with Crippen LogP contribution in [0.1, 0.15) is 15.9 Å². The second-order valence-electron chi connectivity index (χ2n) is 4.33. The summed E-state index contributed by atoms with van der Waals surface area (Å²) in [4.78, 5) is 11.9. The number of aliphatic hydroxyl groups excluding tert-OH is 1. The molecule has 0 aromatic heterocycles. The molecule has 2 aromatic carbocycles. The molecule has 0 saturated carbocycles. The van der Waals surface area contributed by atoms with Crippen molar-refractivity contribution in [1.29, 1.82) is 0 Å². The number of phenols is 1. The number of hydrogen-bond acceptors (Lipinski definition) is 5. The van der Waals surface area contributed by atoms with Crippen molar-refractivity contribution >= 4 is 12.1 Å². The number of hydrazone groups is 1. The maximum Gasteiger partial charge on any atom is 0.275 e. The van der Waals surface area contributed by atoms with Gasteiger partial charge >= 0.3 is 0 Å². The average molecular weight is 300 g/mol. The number of hydrogen-bond donors (Lipinski definition) is 3. The van der Waals surface area contributed by atoms with Crippen LogP contribution in [-0.2, 0) is 0 Å². The number of aliphatic hydroxyl groups is 1. The Morgan fingerprint density at radius 2 is 1.91 bits per heavy atom. The fourth-order valence-electron chi connectivity index (χ4n) is 1.76. The summed E-state index contributed by atoms with van der Waals surface area (Å²) in [7, 11) is 0. The Morgan fingerprint density at radius 1 is 1.18 bits per heavy atom. The van der Waals surface area contributed by atoms with Crippen LogP contribution in [0.25, 0.3) is 0 Å². The molecular weight excluding hydrogens is 284 g/mol. The minimum Gasteiger partial charge on any atom is -0.507 e. The number of benzene rings is 2. The van der Waals surface area contributed by atoms with Crippen molar-refractivity contribution in [2.24, 2.45) is 5.10 Å². The van der Waals surface area contributed by atoms with Gasteiger partial charge < -0.3 is 14.9 Å². The summed E-state index contributed by atoms with van der Waals surface area (Å²) >= 11 is 0. The number of carbonyl (C=O) groups is 1. The first-order valence-electron chi connectivity index (χ1n) is 6.66. The lowest BCUT2D eigenvalue weighted by atomic mass is 10.2. The van der Waals surface area contributed by atoms with Crippen molar-refractivity contribution in [3.63, 3.8) is 0 Å². The van der Waals surface area contributed by atoms with E-state index in [1.54, 1.807) is 36.4 Å². The van der Waals surface area contributed by atoms with Gasteiger partial charge in [-0.15, -0.1) is 0 Å². The van der Waals surface area contributed by atoms with E-state index in [2.05, 4.69) is 10.5 Å². The summed E-state index contributed by atoms with van der Waals surface area (Å²) in [6.07, 6.45) is 1.44. The van der Waals surface area contributed by atoms with Crippen LogP contribution >= 0.6 is 0 Å². The minimum atomic E-state index is -0.511. The van der Waals surface area contributed by atoms with Crippen LogP contribution < -0.4 is 10.2 Å². The van der Waals surface area contributed by atoms with Crippen LogP contribution in [0.15, 0.2) is 53.6 Å². The van der Waals surface area contributed by atoms with E-state index in [1.165, 1.54) is 18.3 Å². The summed E-state index contributed by atoms with van der Waals surface area (Å²) in [6.45, 7) is 0.0879. The normalized spacial score (nSPS) is 10.6. The van der Waals surface area contributed by atoms with E-state index < -0.39 is 5.91 Å². The number of para-hydroxylation sites is 2. The number of rotatable bonds is 6. The van der Waals surface area contributed by atoms with Crippen LogP contribution in [0.4, 0.5) is 0 Å². The minimum absolute atomic E-state index is 0.0878. The summed E-state index contributed by atoms with van der Waals surface area (Å²) < 4.78 is 5.35. The second-order valence-corrected chi connectivity index (χ2v) is 4.33. The summed E-state index contributed by atoms with van der Waals surface area (Å²) in [5, 5.41) is 22.2. The molecule has 0 fully saturated rings. The molecule has 0 aliphatic rings. The Hall–Kier alpha value is -2.86. The third kappa shape index (κ3) is 4.07. The predicted molar refractivity (Wildman–Crippen MR) is 82.2 cm³/mol. The lowest BCUT2D eigenvalue weighted by Gasteiger charge is -2.07. The van der Waals surface area contributed by atoms with Crippen molar-refractivity contribution in [3.8, 4) is 11.5 Å². The molecular formula is C16H16N2O4. The van der Waals surface area contributed by atoms with E-state index >= 15 is 0 Å². The zero-order valence-corrected chi connectivity index (χ0v) is 11.8. The fourth-order valence-corrected chi connectivity index (χ4v) is 1.76. The van der Waals surface area contributed by atoms with E-state index in [-0.39, 0.29) is 24.5 Å². The van der Waals surface area contributed by atoms with Gasteiger partial charge in [0, 0.05) is 5.56 Å². The average Bonchev–Trinajstić information content (AvgIpc) is 2.54. The molecule has 0 bridgehead atoms. The highest BCUT2D eigenvalue weighted by Gasteiger charge is 2.08. The largest absolute Gasteiger partial charge is 0.507 e. The van der Waals surface area contributed by atoms with Gasteiger partial charge in [0.05, 0.1) is 18.4 Å². The van der Waals surface area contributed by atoms with Crippen LogP contribution in [0.2, 0.25) is 0 Å². The van der Waals surface area contributed by atoms with Gasteiger partial charge in [-0.05, 0) is 24.3 Å². The predicted octanol–water partition coefficient (Wildman–Crippen LogP) is 1.53. The molecule has 0 saturated heterocycles. The molecule has 0 atom stereocenters. The Bertz CT molecular complexity index is 671. The summed E-state index contributed by atoms with van der Waals surface area (Å²) in [6, 6.07) is 13.3. The number of carbonyl (C=O) groups excluding carboxylic acids is 1. The highest BCUT2D eigenvalue weighted by Crippen LogP contribution is 2.16. The molecule has 0 aliphatic heterocycles. The molecule has 2 aromatic rings. The quantitative estimate of drug-likeness (QED) is 0.557. The van der Waals surface area contributed by atoms with E-state index in [1.807, 2.05) is 0 Å². The fraction of sp³-hybridized carbons (Fsp3) is 0.125. The van der Waals surface area contributed by atoms with Crippen molar-refractivity contribution in [1.82, 2.24) is 5.43 Å². The van der Waals surface area contributed by atoms with Crippen molar-refractivity contribution in [3.05, 3.63) is 59.7 Å². The van der Waals surface area contributed by atoms with Gasteiger partial charge in [-0.25, -0.2) is 5.43 Å². The molecule has 6 nitrogen and oxygen atoms in total. The SMILES string of the molecule is O=C(N/N=C/c1ccccc1OCCO)c1ccccc1O. The molecule has 6 heteroatoms. The first-order valence-corrected chi connectivity index (χ1v) is 6.66. The monoisotopic (exact) mass is 300 g/mol. The second kappa shape index (κ2) is 7.80. The van der Waals surface area contributed by atoms with E-state index in [4.69, 9.17) is 9.84 Å². The highest BCUT2D eigenvalue weighted by molar-refractivity contribution is 5.97. The summed E-state index contributed by atoms with van der Waals surface area (Å²) in [5.41, 5.74) is 3.14. The van der Waals surface area contributed by atoms with Gasteiger partial charge in [0.25, 0.3) is 5.91 Å². The zero-order chi connectivity index (χ0) is 15.8. The van der Waals surface area contributed by atoms with E-state index in [0.29, 0.717) is 11.3 Å². The number of phenolic OH excluding ortho intramolecular Hbond substituents is 1. The van der Waals surface area contributed by atoms with Crippen molar-refractivity contribution in [2.75, 3.05) is 13.2 Å². The van der Waals surface area contributed by atoms with Crippen molar-refractivity contribution < 1.29 is 19.7 Å². The van der Waals surface area contributed by atoms with Gasteiger partial charge in [0.2, 0.25) is 0 Å². The number of amides is 1. The molecule has 22 heavy (non-hydrogen) atoms. The Balaban J connectivity index is 2.04. The zero-order valence-electron chi connectivity index (χ0n) is 11.8. The third-order valence-electron chi connectivity index (χ3n) is 2.79. The van der Waals surface area contributed by atoms with Gasteiger partial charge in [0.15, 0.2) is 0 Å². The number of ether oxygens (including phenoxy) is 1.